The van der Waals surface area contributed by atoms with Crippen molar-refractivity contribution in [2.75, 3.05) is 75.3 Å². The van der Waals surface area contributed by atoms with Gasteiger partial charge in [-0.15, -0.1) is 0 Å². The molecule has 52 heavy (non-hydrogen) atoms. The van der Waals surface area contributed by atoms with Gasteiger partial charge < -0.3 is 48.3 Å². The lowest BCUT2D eigenvalue weighted by Crippen LogP contribution is -2.46. The number of benzene rings is 3. The van der Waals surface area contributed by atoms with E-state index in [1.54, 1.807) is 38.9 Å². The van der Waals surface area contributed by atoms with Gasteiger partial charge in [0.05, 0.1) is 31.0 Å². The van der Waals surface area contributed by atoms with Gasteiger partial charge in [-0.05, 0) is 86.7 Å². The van der Waals surface area contributed by atoms with Crippen LogP contribution in [0.15, 0.2) is 85.5 Å². The number of nitrogens with one attached hydrogen (secondary N) is 1. The number of thiocarbonyl (C=S) groups is 1. The van der Waals surface area contributed by atoms with Crippen molar-refractivity contribution in [3.05, 3.63) is 101 Å². The molecular weight excluding hydrogens is 723 g/mol. The summed E-state index contributed by atoms with van der Waals surface area (Å²) in [6.07, 6.45) is 4.65. The highest BCUT2D eigenvalue weighted by Crippen LogP contribution is 2.40. The standard InChI is InChI=1S/C38H46Cl2N6O5S/c1-27(2)46(22-36(47-3)48-4)37(52)42-29-6-8-30(9-7-29)44-17-19-45(20-18-44)31-10-12-32(13-11-31)49-23-33-24-50-38(51-33,25-43-16-15-41-26-43)34-14-5-28(39)21-35(34)40/h5-16,21,26-27,33,36H,17-20,22-25H2,1-4H3,(H,42,52). The molecule has 4 aromatic rings. The molecule has 0 saturated carbocycles. The molecule has 0 radical (unpaired) electrons. The van der Waals surface area contributed by atoms with Crippen molar-refractivity contribution in [3.8, 4) is 5.75 Å². The number of aromatic nitrogens is 2. The van der Waals surface area contributed by atoms with Crippen LogP contribution in [-0.2, 0) is 31.3 Å². The molecule has 14 heteroatoms. The summed E-state index contributed by atoms with van der Waals surface area (Å²) < 4.78 is 31.7. The van der Waals surface area contributed by atoms with E-state index in [0.29, 0.717) is 47.0 Å². The predicted molar refractivity (Wildman–Crippen MR) is 210 cm³/mol. The van der Waals surface area contributed by atoms with Crippen LogP contribution >= 0.6 is 35.4 Å². The third kappa shape index (κ3) is 9.29. The van der Waals surface area contributed by atoms with Crippen molar-refractivity contribution < 1.29 is 23.7 Å². The first-order valence-corrected chi connectivity index (χ1v) is 18.5. The quantitative estimate of drug-likeness (QED) is 0.108. The Hall–Kier alpha value is -3.62. The van der Waals surface area contributed by atoms with Crippen LogP contribution in [0.3, 0.4) is 0 Å². The predicted octanol–water partition coefficient (Wildman–Crippen LogP) is 6.89. The summed E-state index contributed by atoms with van der Waals surface area (Å²) in [5.41, 5.74) is 4.00. The molecule has 11 nitrogen and oxygen atoms in total. The normalized spacial score (nSPS) is 19.0. The van der Waals surface area contributed by atoms with Crippen LogP contribution in [-0.4, -0.2) is 98.2 Å². The lowest BCUT2D eigenvalue weighted by Gasteiger charge is -2.37. The minimum Gasteiger partial charge on any atom is -0.491 e. The number of anilines is 3. The van der Waals surface area contributed by atoms with Crippen LogP contribution in [0.4, 0.5) is 17.1 Å². The molecular formula is C38H46Cl2N6O5S. The van der Waals surface area contributed by atoms with E-state index in [9.17, 15) is 0 Å². The minimum absolute atomic E-state index is 0.190. The molecule has 0 spiro atoms. The number of piperazine rings is 1. The fourth-order valence-corrected chi connectivity index (χ4v) is 7.38. The molecule has 2 aliphatic heterocycles. The van der Waals surface area contributed by atoms with E-state index < -0.39 is 5.79 Å². The number of ether oxygens (including phenoxy) is 5. The highest BCUT2D eigenvalue weighted by atomic mass is 35.5. The fourth-order valence-electron chi connectivity index (χ4n) is 6.43. The first-order chi connectivity index (χ1) is 25.2. The molecule has 1 aromatic heterocycles. The molecule has 1 N–H and O–H groups in total. The van der Waals surface area contributed by atoms with Crippen LogP contribution in [0.5, 0.6) is 5.75 Å². The van der Waals surface area contributed by atoms with Crippen LogP contribution in [0.2, 0.25) is 10.0 Å². The summed E-state index contributed by atoms with van der Waals surface area (Å²) in [6.45, 7) is 9.44. The van der Waals surface area contributed by atoms with E-state index in [-0.39, 0.29) is 18.4 Å². The number of imidazole rings is 1. The first kappa shape index (κ1) is 38.1. The Labute approximate surface area is 321 Å². The van der Waals surface area contributed by atoms with Gasteiger partial charge in [0.2, 0.25) is 5.79 Å². The highest BCUT2D eigenvalue weighted by molar-refractivity contribution is 7.80. The summed E-state index contributed by atoms with van der Waals surface area (Å²) in [5.74, 6) is -0.326. The van der Waals surface area contributed by atoms with Gasteiger partial charge >= 0.3 is 0 Å². The van der Waals surface area contributed by atoms with Crippen LogP contribution in [0, 0.1) is 0 Å². The molecule has 278 valence electrons. The average molecular weight is 770 g/mol. The Morgan fingerprint density at radius 2 is 1.63 bits per heavy atom. The third-order valence-electron chi connectivity index (χ3n) is 9.31. The maximum absolute atomic E-state index is 6.61. The summed E-state index contributed by atoms with van der Waals surface area (Å²) in [4.78, 5) is 11.0. The summed E-state index contributed by atoms with van der Waals surface area (Å²) in [7, 11) is 3.26. The Bertz CT molecular complexity index is 1740. The van der Waals surface area contributed by atoms with Crippen molar-refractivity contribution in [1.29, 1.82) is 0 Å². The van der Waals surface area contributed by atoms with Gasteiger partial charge in [-0.3, -0.25) is 0 Å². The summed E-state index contributed by atoms with van der Waals surface area (Å²) >= 11 is 18.5. The van der Waals surface area contributed by atoms with Crippen LogP contribution < -0.4 is 19.9 Å². The smallest absolute Gasteiger partial charge is 0.215 e. The molecule has 2 atom stereocenters. The first-order valence-electron chi connectivity index (χ1n) is 17.4. The molecule has 2 aliphatic rings. The van der Waals surface area contributed by atoms with E-state index in [0.717, 1.165) is 43.3 Å². The zero-order valence-corrected chi connectivity index (χ0v) is 32.2. The number of hydrogen-bond acceptors (Lipinski definition) is 9. The molecule has 6 rings (SSSR count). The molecule has 2 fully saturated rings. The van der Waals surface area contributed by atoms with Crippen molar-refractivity contribution in [1.82, 2.24) is 14.5 Å². The van der Waals surface area contributed by atoms with Crippen LogP contribution in [0.1, 0.15) is 19.4 Å². The Balaban J connectivity index is 0.984. The number of nitrogens with zero attached hydrogens (tertiary/aromatic N) is 5. The zero-order chi connectivity index (χ0) is 36.7. The third-order valence-corrected chi connectivity index (χ3v) is 10.2. The second-order valence-corrected chi connectivity index (χ2v) is 14.3. The van der Waals surface area contributed by atoms with E-state index in [1.165, 1.54) is 5.69 Å². The maximum atomic E-state index is 6.61. The highest BCUT2D eigenvalue weighted by Gasteiger charge is 2.45. The maximum Gasteiger partial charge on any atom is 0.215 e. The van der Waals surface area contributed by atoms with Gasteiger partial charge in [0.1, 0.15) is 18.5 Å². The molecule has 2 unspecified atom stereocenters. The van der Waals surface area contributed by atoms with Gasteiger partial charge in [0, 0.05) is 86.5 Å². The molecule has 3 heterocycles. The van der Waals surface area contributed by atoms with Crippen molar-refractivity contribution in [2.24, 2.45) is 0 Å². The monoisotopic (exact) mass is 768 g/mol. The second-order valence-electron chi connectivity index (χ2n) is 13.1. The van der Waals surface area contributed by atoms with Crippen molar-refractivity contribution >= 4 is 57.6 Å². The van der Waals surface area contributed by atoms with Crippen molar-refractivity contribution in [2.45, 2.75) is 44.6 Å². The Morgan fingerprint density at radius 1 is 0.981 bits per heavy atom. The number of hydrogen-bond donors (Lipinski definition) is 1. The van der Waals surface area contributed by atoms with Gasteiger partial charge in [-0.2, -0.15) is 0 Å². The van der Waals surface area contributed by atoms with Crippen molar-refractivity contribution in [3.63, 3.8) is 0 Å². The second kappa shape index (κ2) is 17.5. The number of methoxy groups -OCH3 is 2. The number of halogens is 2. The topological polar surface area (TPSA) is 85.7 Å². The van der Waals surface area contributed by atoms with Gasteiger partial charge in [-0.1, -0.05) is 29.3 Å². The van der Waals surface area contributed by atoms with Gasteiger partial charge in [-0.25, -0.2) is 4.98 Å². The van der Waals surface area contributed by atoms with E-state index in [1.807, 2.05) is 29.0 Å². The van der Waals surface area contributed by atoms with E-state index in [4.69, 9.17) is 59.1 Å². The average Bonchev–Trinajstić information content (AvgIpc) is 3.82. The lowest BCUT2D eigenvalue weighted by molar-refractivity contribution is -0.189. The molecule has 0 amide bonds. The minimum atomic E-state index is -1.09. The fraction of sp³-hybridized carbons (Fsp3) is 0.421. The largest absolute Gasteiger partial charge is 0.491 e. The number of rotatable bonds is 14. The molecule has 3 aromatic carbocycles. The van der Waals surface area contributed by atoms with E-state index in [2.05, 4.69) is 75.2 Å². The Morgan fingerprint density at radius 3 is 2.21 bits per heavy atom. The SMILES string of the molecule is COC(CN(C(=S)Nc1ccc(N2CCN(c3ccc(OCC4COC(Cn5ccnc5)(c5ccc(Cl)cc5Cl)O4)cc3)CC2)cc1)C(C)C)OC. The van der Waals surface area contributed by atoms with Gasteiger partial charge in [0.25, 0.3) is 0 Å². The molecule has 2 saturated heterocycles. The summed E-state index contributed by atoms with van der Waals surface area (Å²) in [5, 5.41) is 5.03. The Kier molecular flexibility index (Phi) is 12.8. The van der Waals surface area contributed by atoms with Crippen LogP contribution in [0.25, 0.3) is 0 Å². The van der Waals surface area contributed by atoms with E-state index >= 15 is 0 Å². The van der Waals surface area contributed by atoms with Gasteiger partial charge in [0.15, 0.2) is 11.4 Å². The lowest BCUT2D eigenvalue weighted by atomic mass is 10.1. The zero-order valence-electron chi connectivity index (χ0n) is 29.9. The molecule has 0 aliphatic carbocycles. The summed E-state index contributed by atoms with van der Waals surface area (Å²) in [6, 6.07) is 22.2. The molecule has 0 bridgehead atoms.